The summed E-state index contributed by atoms with van der Waals surface area (Å²) in [7, 11) is 5.10. The van der Waals surface area contributed by atoms with Crippen molar-refractivity contribution in [3.8, 4) is 11.5 Å². The maximum atomic E-state index is 12.9. The topological polar surface area (TPSA) is 80.5 Å². The number of fused-ring (bicyclic) bond motifs is 3. The molecule has 1 aliphatic heterocycles. The van der Waals surface area contributed by atoms with Gasteiger partial charge >= 0.3 is 0 Å². The van der Waals surface area contributed by atoms with Crippen molar-refractivity contribution < 1.29 is 37.1 Å². The quantitative estimate of drug-likeness (QED) is 0.369. The molecule has 0 saturated heterocycles. The molecule has 0 radical (unpaired) electrons. The third-order valence-corrected chi connectivity index (χ3v) is 6.24. The van der Waals surface area contributed by atoms with Gasteiger partial charge in [-0.25, -0.2) is 0 Å². The molecular weight excluding hydrogens is 442 g/mol. The molecule has 0 aliphatic carbocycles. The average Bonchev–Trinajstić information content (AvgIpc) is 3.13. The van der Waals surface area contributed by atoms with E-state index in [4.69, 9.17) is 9.47 Å². The summed E-state index contributed by atoms with van der Waals surface area (Å²) in [6.45, 7) is 2.55. The number of benzene rings is 2. The third-order valence-electron chi connectivity index (χ3n) is 6.24. The molecule has 0 fully saturated rings. The van der Waals surface area contributed by atoms with Gasteiger partial charge in [0.05, 0.1) is 27.3 Å². The number of nitrogens with two attached hydrogens (primary N) is 1. The molecule has 3 aromatic rings. The number of halogens is 1. The second-order valence-electron chi connectivity index (χ2n) is 8.34. The minimum Gasteiger partial charge on any atom is -1.00 e. The first-order chi connectivity index (χ1) is 15.5. The SMILES string of the molecule is COc1ccc(CC[NH2+]CC(O)Cn2c3c(c4ccccc42)CCN(C)C3=O)cc1OC.[Cl-]. The Hall–Kier alpha value is -2.74. The molecule has 4 rings (SSSR count). The second-order valence-corrected chi connectivity index (χ2v) is 8.34. The minimum atomic E-state index is -0.555. The lowest BCUT2D eigenvalue weighted by atomic mass is 10.0. The number of ether oxygens (including phenoxy) is 2. The minimum absolute atomic E-state index is 0. The van der Waals surface area contributed by atoms with E-state index in [1.54, 1.807) is 19.1 Å². The number of aliphatic hydroxyl groups is 1. The molecular formula is C25H32ClN3O4. The van der Waals surface area contributed by atoms with E-state index in [1.807, 2.05) is 48.0 Å². The number of amides is 1. The molecule has 1 atom stereocenters. The molecule has 0 spiro atoms. The summed E-state index contributed by atoms with van der Waals surface area (Å²) in [5.41, 5.74) is 4.01. The maximum Gasteiger partial charge on any atom is 0.270 e. The van der Waals surface area contributed by atoms with E-state index in [2.05, 4.69) is 11.4 Å². The zero-order valence-electron chi connectivity index (χ0n) is 19.4. The standard InChI is InChI=1S/C25H31N3O4.ClH/c1-27-13-11-20-19-6-4-5-7-21(19)28(24(20)25(27)30)16-18(29)15-26-12-10-17-8-9-22(31-2)23(14-17)32-3;/h4-9,14,18,26,29H,10-13,15-16H2,1-3H3;1H. The molecule has 1 amide bonds. The Bertz CT molecular complexity index is 1110. The van der Waals surface area contributed by atoms with E-state index in [9.17, 15) is 9.90 Å². The summed E-state index contributed by atoms with van der Waals surface area (Å²) in [4.78, 5) is 14.7. The van der Waals surface area contributed by atoms with Crippen LogP contribution >= 0.6 is 0 Å². The van der Waals surface area contributed by atoms with E-state index in [-0.39, 0.29) is 18.3 Å². The summed E-state index contributed by atoms with van der Waals surface area (Å²) in [5.74, 6) is 1.48. The van der Waals surface area contributed by atoms with Gasteiger partial charge in [0.1, 0.15) is 18.3 Å². The number of carbonyl (C=O) groups excluding carboxylic acids is 1. The number of hydrogen-bond acceptors (Lipinski definition) is 4. The van der Waals surface area contributed by atoms with Gasteiger partial charge in [0, 0.05) is 30.9 Å². The van der Waals surface area contributed by atoms with Crippen LogP contribution in [0, 0.1) is 0 Å². The number of para-hydroxylation sites is 1. The smallest absolute Gasteiger partial charge is 0.270 e. The van der Waals surface area contributed by atoms with Crippen molar-refractivity contribution in [2.45, 2.75) is 25.5 Å². The predicted molar refractivity (Wildman–Crippen MR) is 124 cm³/mol. The Morgan fingerprint density at radius 2 is 1.88 bits per heavy atom. The molecule has 178 valence electrons. The van der Waals surface area contributed by atoms with Gasteiger partial charge in [-0.15, -0.1) is 0 Å². The summed E-state index contributed by atoms with van der Waals surface area (Å²) >= 11 is 0. The highest BCUT2D eigenvalue weighted by Crippen LogP contribution is 2.31. The molecule has 8 heteroatoms. The van der Waals surface area contributed by atoms with Crippen LogP contribution in [0.3, 0.4) is 0 Å². The van der Waals surface area contributed by atoms with Crippen LogP contribution in [0.5, 0.6) is 11.5 Å². The zero-order chi connectivity index (χ0) is 22.7. The van der Waals surface area contributed by atoms with Gasteiger partial charge in [0.25, 0.3) is 5.91 Å². The Morgan fingerprint density at radius 3 is 2.64 bits per heavy atom. The van der Waals surface area contributed by atoms with Crippen LogP contribution in [0.15, 0.2) is 42.5 Å². The highest BCUT2D eigenvalue weighted by molar-refractivity contribution is 6.02. The van der Waals surface area contributed by atoms with Crippen molar-refractivity contribution in [2.24, 2.45) is 0 Å². The van der Waals surface area contributed by atoms with Gasteiger partial charge in [-0.3, -0.25) is 4.79 Å². The number of methoxy groups -OCH3 is 2. The molecule has 1 aliphatic rings. The molecule has 33 heavy (non-hydrogen) atoms. The Balaban J connectivity index is 0.00000306. The molecule has 1 unspecified atom stereocenters. The van der Waals surface area contributed by atoms with Gasteiger partial charge < -0.3 is 41.8 Å². The number of carbonyl (C=O) groups is 1. The highest BCUT2D eigenvalue weighted by Gasteiger charge is 2.29. The largest absolute Gasteiger partial charge is 1.00 e. The second kappa shape index (κ2) is 10.9. The Morgan fingerprint density at radius 1 is 1.12 bits per heavy atom. The van der Waals surface area contributed by atoms with Crippen molar-refractivity contribution in [1.29, 1.82) is 0 Å². The van der Waals surface area contributed by atoms with Crippen molar-refractivity contribution in [3.05, 3.63) is 59.3 Å². The van der Waals surface area contributed by atoms with Crippen molar-refractivity contribution in [2.75, 3.05) is 40.9 Å². The fourth-order valence-electron chi connectivity index (χ4n) is 4.52. The van der Waals surface area contributed by atoms with Crippen molar-refractivity contribution >= 4 is 16.8 Å². The highest BCUT2D eigenvalue weighted by atomic mass is 35.5. The molecule has 2 heterocycles. The van der Waals surface area contributed by atoms with Crippen LogP contribution in [0.4, 0.5) is 0 Å². The third kappa shape index (κ3) is 5.11. The van der Waals surface area contributed by atoms with Gasteiger partial charge in [-0.1, -0.05) is 24.3 Å². The van der Waals surface area contributed by atoms with Crippen LogP contribution in [0.2, 0.25) is 0 Å². The monoisotopic (exact) mass is 473 g/mol. The van der Waals surface area contributed by atoms with Crippen LogP contribution in [-0.2, 0) is 19.4 Å². The number of likely N-dealkylation sites (N-methyl/N-ethyl adjacent to an activating group) is 1. The lowest BCUT2D eigenvalue weighted by Gasteiger charge is -2.25. The molecule has 2 aromatic carbocycles. The van der Waals surface area contributed by atoms with E-state index in [0.717, 1.165) is 65.2 Å². The summed E-state index contributed by atoms with van der Waals surface area (Å²) in [6.07, 6.45) is 1.15. The number of aliphatic hydroxyl groups excluding tert-OH is 1. The lowest BCUT2D eigenvalue weighted by molar-refractivity contribution is -0.660. The van der Waals surface area contributed by atoms with Crippen LogP contribution in [-0.4, -0.2) is 67.5 Å². The summed E-state index contributed by atoms with van der Waals surface area (Å²) in [5, 5.41) is 14.0. The number of rotatable bonds is 9. The van der Waals surface area contributed by atoms with Crippen molar-refractivity contribution in [1.82, 2.24) is 9.47 Å². The fraction of sp³-hybridized carbons (Fsp3) is 0.400. The normalized spacial score (nSPS) is 14.1. The summed E-state index contributed by atoms with van der Waals surface area (Å²) in [6, 6.07) is 14.0. The Labute approximate surface area is 200 Å². The number of quaternary nitrogens is 1. The molecule has 0 saturated carbocycles. The van der Waals surface area contributed by atoms with E-state index in [0.29, 0.717) is 13.1 Å². The number of nitrogens with zero attached hydrogens (tertiary/aromatic N) is 2. The van der Waals surface area contributed by atoms with Gasteiger partial charge in [-0.2, -0.15) is 0 Å². The van der Waals surface area contributed by atoms with E-state index < -0.39 is 6.10 Å². The number of hydrogen-bond donors (Lipinski definition) is 2. The molecule has 3 N–H and O–H groups in total. The fourth-order valence-corrected chi connectivity index (χ4v) is 4.52. The summed E-state index contributed by atoms with van der Waals surface area (Å²) < 4.78 is 12.7. The van der Waals surface area contributed by atoms with Gasteiger partial charge in [-0.05, 0) is 35.7 Å². The van der Waals surface area contributed by atoms with Crippen LogP contribution in [0.1, 0.15) is 21.6 Å². The predicted octanol–water partition coefficient (Wildman–Crippen LogP) is -1.54. The van der Waals surface area contributed by atoms with E-state index in [1.165, 1.54) is 0 Å². The van der Waals surface area contributed by atoms with E-state index >= 15 is 0 Å². The van der Waals surface area contributed by atoms with Gasteiger partial charge in [0.15, 0.2) is 11.5 Å². The Kier molecular flexibility index (Phi) is 8.24. The van der Waals surface area contributed by atoms with Crippen molar-refractivity contribution in [3.63, 3.8) is 0 Å². The number of aromatic nitrogens is 1. The van der Waals surface area contributed by atoms with Crippen LogP contribution in [0.25, 0.3) is 10.9 Å². The first kappa shape index (κ1) is 24.9. The first-order valence-corrected chi connectivity index (χ1v) is 11.1. The molecule has 0 bridgehead atoms. The lowest BCUT2D eigenvalue weighted by Crippen LogP contribution is -3.00. The molecule has 1 aromatic heterocycles. The van der Waals surface area contributed by atoms with Crippen LogP contribution < -0.4 is 27.2 Å². The first-order valence-electron chi connectivity index (χ1n) is 11.1. The average molecular weight is 474 g/mol. The maximum absolute atomic E-state index is 12.9. The zero-order valence-corrected chi connectivity index (χ0v) is 20.1. The molecule has 7 nitrogen and oxygen atoms in total. The van der Waals surface area contributed by atoms with Gasteiger partial charge in [0.2, 0.25) is 0 Å².